The Morgan fingerprint density at radius 1 is 1.06 bits per heavy atom. The van der Waals surface area contributed by atoms with Crippen LogP contribution in [0.4, 0.5) is 0 Å². The van der Waals surface area contributed by atoms with E-state index in [1.165, 1.54) is 30.5 Å². The number of H-pyrrole nitrogens is 1. The monoisotopic (exact) mass is 538 g/mol. The van der Waals surface area contributed by atoms with Gasteiger partial charge in [-0.3, -0.25) is 4.79 Å². The Hall–Kier alpha value is -3.01. The molecule has 1 amide bonds. The van der Waals surface area contributed by atoms with Crippen molar-refractivity contribution < 1.29 is 27.9 Å². The molecule has 3 aromatic rings. The van der Waals surface area contributed by atoms with E-state index in [0.29, 0.717) is 11.3 Å². The number of benzene rings is 2. The molecule has 11 heteroatoms. The number of hydrogen-bond acceptors (Lipinski definition) is 5. The molecule has 0 aliphatic rings. The predicted molar refractivity (Wildman–Crippen MR) is 132 cm³/mol. The minimum atomic E-state index is -4.17. The molecule has 0 radical (unpaired) electrons. The second-order valence-electron chi connectivity index (χ2n) is 8.75. The highest BCUT2D eigenvalue weighted by atomic mass is 35.5. The van der Waals surface area contributed by atoms with Gasteiger partial charge >= 0.3 is 5.97 Å². The molecular formula is C24H24Cl2N2O6S. The fraction of sp³-hybridized carbons (Fsp3) is 0.250. The molecule has 3 N–H and O–H groups in total. The van der Waals surface area contributed by atoms with Gasteiger partial charge in [0.15, 0.2) is 0 Å². The number of aromatic amines is 1. The van der Waals surface area contributed by atoms with Crippen LogP contribution in [-0.2, 0) is 21.1 Å². The average molecular weight is 539 g/mol. The average Bonchev–Trinajstić information content (AvgIpc) is 3.24. The van der Waals surface area contributed by atoms with Crippen LogP contribution in [-0.4, -0.2) is 42.0 Å². The number of carboxylic acid groups (broad SMARTS) is 1. The van der Waals surface area contributed by atoms with Crippen LogP contribution in [0.25, 0.3) is 0 Å². The Morgan fingerprint density at radius 3 is 2.20 bits per heavy atom. The molecule has 1 atom stereocenters. The first-order valence-electron chi connectivity index (χ1n) is 10.5. The third-order valence-corrected chi connectivity index (χ3v) is 6.97. The first-order valence-corrected chi connectivity index (χ1v) is 12.7. The van der Waals surface area contributed by atoms with E-state index < -0.39 is 27.8 Å². The summed E-state index contributed by atoms with van der Waals surface area (Å²) in [6.07, 6.45) is 1.25. The molecule has 0 aliphatic heterocycles. The largest absolute Gasteiger partial charge is 0.488 e. The number of carboxylic acids is 1. The first kappa shape index (κ1) is 26.6. The Morgan fingerprint density at radius 2 is 1.66 bits per heavy atom. The van der Waals surface area contributed by atoms with Crippen LogP contribution >= 0.6 is 23.2 Å². The van der Waals surface area contributed by atoms with Gasteiger partial charge in [0.2, 0.25) is 9.84 Å². The highest BCUT2D eigenvalue weighted by Crippen LogP contribution is 2.29. The number of aromatic nitrogens is 1. The van der Waals surface area contributed by atoms with Crippen molar-refractivity contribution in [3.8, 4) is 5.75 Å². The molecule has 3 rings (SSSR count). The van der Waals surface area contributed by atoms with Crippen LogP contribution in [0.1, 0.15) is 36.8 Å². The van der Waals surface area contributed by atoms with Crippen LogP contribution in [0.15, 0.2) is 64.5 Å². The normalized spacial score (nSPS) is 12.7. The van der Waals surface area contributed by atoms with E-state index in [1.54, 1.807) is 24.3 Å². The first-order chi connectivity index (χ1) is 16.3. The summed E-state index contributed by atoms with van der Waals surface area (Å²) in [4.78, 5) is 26.8. The SMILES string of the molecule is CC(C)(C)Oc1ccc(C[C@H](NC(=O)c2[nH]ccc2S(=O)(=O)c2cc(Cl)cc(Cl)c2)C(=O)O)cc1. The molecule has 0 saturated carbocycles. The summed E-state index contributed by atoms with van der Waals surface area (Å²) < 4.78 is 32.0. The van der Waals surface area contributed by atoms with Gasteiger partial charge in [-0.25, -0.2) is 13.2 Å². The summed E-state index contributed by atoms with van der Waals surface area (Å²) in [5.41, 5.74) is -0.0445. The van der Waals surface area contributed by atoms with E-state index in [4.69, 9.17) is 27.9 Å². The summed E-state index contributed by atoms with van der Waals surface area (Å²) in [5, 5.41) is 12.3. The van der Waals surface area contributed by atoms with Crippen LogP contribution in [0.2, 0.25) is 10.0 Å². The van der Waals surface area contributed by atoms with Gasteiger partial charge in [-0.2, -0.15) is 0 Å². The third kappa shape index (κ3) is 6.78. The fourth-order valence-corrected chi connectivity index (χ4v) is 5.42. The third-order valence-electron chi connectivity index (χ3n) is 4.76. The van der Waals surface area contributed by atoms with Gasteiger partial charge in [0.1, 0.15) is 28.0 Å². The maximum absolute atomic E-state index is 13.1. The highest BCUT2D eigenvalue weighted by Gasteiger charge is 2.29. The van der Waals surface area contributed by atoms with Crippen molar-refractivity contribution in [1.82, 2.24) is 10.3 Å². The van der Waals surface area contributed by atoms with Crippen molar-refractivity contribution in [2.45, 2.75) is 48.6 Å². The number of carbonyl (C=O) groups excluding carboxylic acids is 1. The quantitative estimate of drug-likeness (QED) is 0.379. The summed E-state index contributed by atoms with van der Waals surface area (Å²) in [7, 11) is -4.17. The van der Waals surface area contributed by atoms with Crippen LogP contribution < -0.4 is 10.1 Å². The number of rotatable bonds is 8. The van der Waals surface area contributed by atoms with Crippen molar-refractivity contribution >= 4 is 44.9 Å². The lowest BCUT2D eigenvalue weighted by atomic mass is 10.1. The van der Waals surface area contributed by atoms with E-state index in [1.807, 2.05) is 20.8 Å². The van der Waals surface area contributed by atoms with Crippen molar-refractivity contribution in [3.05, 3.63) is 76.0 Å². The molecule has 0 saturated heterocycles. The summed E-state index contributed by atoms with van der Waals surface area (Å²) in [6, 6.07) is 10.5. The number of aliphatic carboxylic acids is 1. The van der Waals surface area contributed by atoms with Gasteiger partial charge in [0.25, 0.3) is 5.91 Å². The maximum atomic E-state index is 13.1. The number of sulfone groups is 1. The molecule has 2 aromatic carbocycles. The zero-order valence-corrected chi connectivity index (χ0v) is 21.5. The van der Waals surface area contributed by atoms with Crippen molar-refractivity contribution in [2.24, 2.45) is 0 Å². The Bertz CT molecular complexity index is 1320. The molecular weight excluding hydrogens is 515 g/mol. The van der Waals surface area contributed by atoms with E-state index in [0.717, 1.165) is 0 Å². The lowest BCUT2D eigenvalue weighted by Crippen LogP contribution is -2.42. The second kappa shape index (κ2) is 10.3. The molecule has 0 fully saturated rings. The number of ether oxygens (including phenoxy) is 1. The van der Waals surface area contributed by atoms with Crippen LogP contribution in [0, 0.1) is 0 Å². The number of amides is 1. The van der Waals surface area contributed by atoms with E-state index in [-0.39, 0.29) is 37.6 Å². The van der Waals surface area contributed by atoms with Gasteiger partial charge in [0.05, 0.1) is 4.90 Å². The molecule has 1 heterocycles. The minimum absolute atomic E-state index is 0.0242. The molecule has 1 aromatic heterocycles. The Balaban J connectivity index is 1.81. The minimum Gasteiger partial charge on any atom is -0.488 e. The Labute approximate surface area is 213 Å². The fourth-order valence-electron chi connectivity index (χ4n) is 3.28. The Kier molecular flexibility index (Phi) is 7.83. The van der Waals surface area contributed by atoms with Crippen LogP contribution in [0.5, 0.6) is 5.75 Å². The van der Waals surface area contributed by atoms with Gasteiger partial charge < -0.3 is 20.1 Å². The van der Waals surface area contributed by atoms with Crippen molar-refractivity contribution in [3.63, 3.8) is 0 Å². The lowest BCUT2D eigenvalue weighted by molar-refractivity contribution is -0.139. The van der Waals surface area contributed by atoms with Gasteiger partial charge in [-0.05, 0) is 62.7 Å². The number of carbonyl (C=O) groups is 2. The standard InChI is InChI=1S/C24H24Cl2N2O6S/c1-24(2,3)34-17-6-4-14(5-7-17)10-19(23(30)31)28-22(29)21-20(8-9-27-21)35(32,33)18-12-15(25)11-16(26)13-18/h4-9,11-13,19,27H,10H2,1-3H3,(H,28,29)(H,30,31)/t19-/m0/s1. The number of halogens is 2. The predicted octanol–water partition coefficient (Wildman–Crippen LogP) is 4.76. The number of hydrogen-bond donors (Lipinski definition) is 3. The zero-order chi connectivity index (χ0) is 26.0. The lowest BCUT2D eigenvalue weighted by Gasteiger charge is -2.21. The van der Waals surface area contributed by atoms with E-state index in [2.05, 4.69) is 10.3 Å². The van der Waals surface area contributed by atoms with Gasteiger partial charge in [-0.1, -0.05) is 35.3 Å². The molecule has 0 unspecified atom stereocenters. The topological polar surface area (TPSA) is 126 Å². The molecule has 0 spiro atoms. The summed E-state index contributed by atoms with van der Waals surface area (Å²) in [5.74, 6) is -1.53. The van der Waals surface area contributed by atoms with Gasteiger partial charge in [-0.15, -0.1) is 0 Å². The summed E-state index contributed by atoms with van der Waals surface area (Å²) in [6.45, 7) is 5.73. The maximum Gasteiger partial charge on any atom is 0.326 e. The summed E-state index contributed by atoms with van der Waals surface area (Å²) >= 11 is 11.9. The molecule has 186 valence electrons. The van der Waals surface area contributed by atoms with E-state index in [9.17, 15) is 23.1 Å². The molecule has 0 bridgehead atoms. The smallest absolute Gasteiger partial charge is 0.326 e. The van der Waals surface area contributed by atoms with E-state index >= 15 is 0 Å². The van der Waals surface area contributed by atoms with Crippen molar-refractivity contribution in [2.75, 3.05) is 0 Å². The number of nitrogens with one attached hydrogen (secondary N) is 2. The van der Waals surface area contributed by atoms with Gasteiger partial charge in [0, 0.05) is 22.7 Å². The molecule has 0 aliphatic carbocycles. The highest BCUT2D eigenvalue weighted by molar-refractivity contribution is 7.91. The van der Waals surface area contributed by atoms with Crippen molar-refractivity contribution in [1.29, 1.82) is 0 Å². The zero-order valence-electron chi connectivity index (χ0n) is 19.1. The van der Waals surface area contributed by atoms with Crippen LogP contribution in [0.3, 0.4) is 0 Å². The second-order valence-corrected chi connectivity index (χ2v) is 11.5. The molecule has 8 nitrogen and oxygen atoms in total. The molecule has 35 heavy (non-hydrogen) atoms.